The maximum Gasteiger partial charge on any atom is 0.190 e. The van der Waals surface area contributed by atoms with Crippen LogP contribution in [-0.2, 0) is 0 Å². The summed E-state index contributed by atoms with van der Waals surface area (Å²) in [6, 6.07) is 0. The first-order valence-electron chi connectivity index (χ1n) is 10.0. The van der Waals surface area contributed by atoms with Crippen LogP contribution in [0, 0.1) is 11.8 Å². The molecule has 2 rings (SSSR count). The van der Waals surface area contributed by atoms with Gasteiger partial charge in [-0.15, -0.1) is 24.0 Å². The molecule has 0 aromatic heterocycles. The second-order valence-electron chi connectivity index (χ2n) is 7.88. The normalized spacial score (nSPS) is 21.8. The summed E-state index contributed by atoms with van der Waals surface area (Å²) < 4.78 is 0. The third kappa shape index (κ3) is 9.43. The van der Waals surface area contributed by atoms with E-state index in [1.807, 2.05) is 7.05 Å². The van der Waals surface area contributed by atoms with E-state index in [-0.39, 0.29) is 24.0 Å². The molecule has 1 saturated carbocycles. The van der Waals surface area contributed by atoms with Crippen LogP contribution < -0.4 is 10.6 Å². The lowest BCUT2D eigenvalue weighted by Gasteiger charge is -2.34. The predicted octanol–water partition coefficient (Wildman–Crippen LogP) is 2.62. The zero-order valence-electron chi connectivity index (χ0n) is 16.6. The summed E-state index contributed by atoms with van der Waals surface area (Å²) in [5.74, 6) is 2.60. The lowest BCUT2D eigenvalue weighted by molar-refractivity contribution is 0.139. The van der Waals surface area contributed by atoms with Gasteiger partial charge in [-0.3, -0.25) is 4.99 Å². The molecule has 2 N–H and O–H groups in total. The molecule has 0 aromatic carbocycles. The topological polar surface area (TPSA) is 42.9 Å². The van der Waals surface area contributed by atoms with Gasteiger partial charge in [0.2, 0.25) is 0 Å². The molecule has 0 aromatic rings. The highest BCUT2D eigenvalue weighted by molar-refractivity contribution is 14.0. The van der Waals surface area contributed by atoms with E-state index >= 15 is 0 Å². The Morgan fingerprint density at radius 3 is 2.44 bits per heavy atom. The van der Waals surface area contributed by atoms with Gasteiger partial charge in [0.05, 0.1) is 0 Å². The van der Waals surface area contributed by atoms with Gasteiger partial charge in [0.1, 0.15) is 0 Å². The molecule has 2 aliphatic rings. The molecule has 1 unspecified atom stereocenters. The second-order valence-corrected chi connectivity index (χ2v) is 7.88. The monoisotopic (exact) mass is 465 g/mol. The number of piperazine rings is 1. The Labute approximate surface area is 172 Å². The molecule has 6 heteroatoms. The van der Waals surface area contributed by atoms with E-state index in [1.54, 1.807) is 0 Å². The first-order valence-corrected chi connectivity index (χ1v) is 10.0. The molecule has 5 nitrogen and oxygen atoms in total. The van der Waals surface area contributed by atoms with Gasteiger partial charge in [0.25, 0.3) is 0 Å². The van der Waals surface area contributed by atoms with Crippen LogP contribution in [-0.4, -0.2) is 75.7 Å². The average molecular weight is 465 g/mol. The Morgan fingerprint density at radius 2 is 1.80 bits per heavy atom. The smallest absolute Gasteiger partial charge is 0.190 e. The number of nitrogens with one attached hydrogen (secondary N) is 2. The third-order valence-electron chi connectivity index (χ3n) is 5.56. The number of hydrogen-bond donors (Lipinski definition) is 2. The van der Waals surface area contributed by atoms with Crippen molar-refractivity contribution >= 4 is 29.9 Å². The Bertz CT molecular complexity index is 363. The fraction of sp³-hybridized carbons (Fsp3) is 0.947. The molecule has 25 heavy (non-hydrogen) atoms. The summed E-state index contributed by atoms with van der Waals surface area (Å²) in [5.41, 5.74) is 0. The minimum absolute atomic E-state index is 0. The van der Waals surface area contributed by atoms with Crippen LogP contribution in [0.1, 0.15) is 45.4 Å². The average Bonchev–Trinajstić information content (AvgIpc) is 3.10. The predicted molar refractivity (Wildman–Crippen MR) is 119 cm³/mol. The number of aliphatic imine (C=N–C) groups is 1. The Kier molecular flexibility index (Phi) is 12.1. The molecule has 0 amide bonds. The summed E-state index contributed by atoms with van der Waals surface area (Å²) in [4.78, 5) is 9.36. The number of halogens is 1. The quantitative estimate of drug-likeness (QED) is 0.250. The van der Waals surface area contributed by atoms with Crippen LogP contribution in [0.15, 0.2) is 4.99 Å². The summed E-state index contributed by atoms with van der Waals surface area (Å²) in [6.45, 7) is 10.4. The maximum absolute atomic E-state index is 4.36. The van der Waals surface area contributed by atoms with Crippen molar-refractivity contribution in [2.24, 2.45) is 16.8 Å². The number of rotatable bonds is 8. The van der Waals surface area contributed by atoms with Crippen molar-refractivity contribution in [2.75, 3.05) is 59.9 Å². The highest BCUT2D eigenvalue weighted by atomic mass is 127. The zero-order chi connectivity index (χ0) is 17.2. The number of likely N-dealkylation sites (N-methyl/N-ethyl adjacent to an activating group) is 1. The molecule has 1 atom stereocenters. The van der Waals surface area contributed by atoms with E-state index in [9.17, 15) is 0 Å². The lowest BCUT2D eigenvalue weighted by atomic mass is 10.0. The third-order valence-corrected chi connectivity index (χ3v) is 5.56. The van der Waals surface area contributed by atoms with Gasteiger partial charge in [-0.25, -0.2) is 0 Å². The lowest BCUT2D eigenvalue weighted by Crippen LogP contribution is -2.47. The fourth-order valence-electron chi connectivity index (χ4n) is 3.92. The van der Waals surface area contributed by atoms with Crippen LogP contribution >= 0.6 is 24.0 Å². The van der Waals surface area contributed by atoms with Crippen LogP contribution in [0.5, 0.6) is 0 Å². The first-order chi connectivity index (χ1) is 11.7. The van der Waals surface area contributed by atoms with Gasteiger partial charge in [-0.05, 0) is 31.7 Å². The van der Waals surface area contributed by atoms with E-state index in [0.29, 0.717) is 5.92 Å². The molecule has 2 fully saturated rings. The molecule has 1 aliphatic heterocycles. The van der Waals surface area contributed by atoms with Crippen molar-refractivity contribution in [1.82, 2.24) is 20.4 Å². The molecule has 0 bridgehead atoms. The van der Waals surface area contributed by atoms with Crippen molar-refractivity contribution in [3.05, 3.63) is 0 Å². The highest BCUT2D eigenvalue weighted by Gasteiger charge is 2.16. The minimum Gasteiger partial charge on any atom is -0.356 e. The Hall–Kier alpha value is -0.0800. The number of guanidine groups is 1. The van der Waals surface area contributed by atoms with Crippen LogP contribution in [0.4, 0.5) is 0 Å². The van der Waals surface area contributed by atoms with Crippen LogP contribution in [0.25, 0.3) is 0 Å². The van der Waals surface area contributed by atoms with E-state index < -0.39 is 0 Å². The van der Waals surface area contributed by atoms with Crippen molar-refractivity contribution in [3.8, 4) is 0 Å². The fourth-order valence-corrected chi connectivity index (χ4v) is 3.92. The SMILES string of the molecule is CN=C(NCCCC1CCCC1)NCC(C)CN1CCN(C)CC1.I. The largest absolute Gasteiger partial charge is 0.356 e. The van der Waals surface area contributed by atoms with Crippen LogP contribution in [0.3, 0.4) is 0 Å². The van der Waals surface area contributed by atoms with Gasteiger partial charge < -0.3 is 20.4 Å². The maximum atomic E-state index is 4.36. The van der Waals surface area contributed by atoms with Crippen molar-refractivity contribution in [1.29, 1.82) is 0 Å². The highest BCUT2D eigenvalue weighted by Crippen LogP contribution is 2.28. The molecule has 1 heterocycles. The van der Waals surface area contributed by atoms with Gasteiger partial charge in [0, 0.05) is 52.9 Å². The Balaban J connectivity index is 0.00000312. The number of hydrogen-bond acceptors (Lipinski definition) is 3. The molecule has 1 saturated heterocycles. The first kappa shape index (κ1) is 23.0. The molecular formula is C19H40IN5. The molecule has 148 valence electrons. The standard InChI is InChI=1S/C19H39N5.HI/c1-17(16-24-13-11-23(3)12-14-24)15-22-19(20-2)21-10-6-9-18-7-4-5-8-18;/h17-18H,4-16H2,1-3H3,(H2,20,21,22);1H. The van der Waals surface area contributed by atoms with E-state index in [1.165, 1.54) is 71.2 Å². The van der Waals surface area contributed by atoms with Gasteiger partial charge >= 0.3 is 0 Å². The van der Waals surface area contributed by atoms with Crippen molar-refractivity contribution in [3.63, 3.8) is 0 Å². The molecule has 0 spiro atoms. The summed E-state index contributed by atoms with van der Waals surface area (Å²) in [5, 5.41) is 6.97. The van der Waals surface area contributed by atoms with E-state index in [4.69, 9.17) is 0 Å². The summed E-state index contributed by atoms with van der Waals surface area (Å²) in [7, 11) is 4.09. The van der Waals surface area contributed by atoms with Gasteiger partial charge in [0.15, 0.2) is 5.96 Å². The number of nitrogens with zero attached hydrogens (tertiary/aromatic N) is 3. The zero-order valence-corrected chi connectivity index (χ0v) is 18.9. The van der Waals surface area contributed by atoms with Crippen LogP contribution in [0.2, 0.25) is 0 Å². The summed E-state index contributed by atoms with van der Waals surface area (Å²) in [6.07, 6.45) is 8.46. The molecule has 1 aliphatic carbocycles. The Morgan fingerprint density at radius 1 is 1.12 bits per heavy atom. The molecular weight excluding hydrogens is 425 g/mol. The second kappa shape index (κ2) is 13.1. The summed E-state index contributed by atoms with van der Waals surface area (Å²) >= 11 is 0. The van der Waals surface area contributed by atoms with E-state index in [2.05, 4.69) is 39.4 Å². The molecule has 0 radical (unpaired) electrons. The van der Waals surface area contributed by atoms with Gasteiger partial charge in [-0.1, -0.05) is 32.6 Å². The van der Waals surface area contributed by atoms with Crippen molar-refractivity contribution < 1.29 is 0 Å². The van der Waals surface area contributed by atoms with Gasteiger partial charge in [-0.2, -0.15) is 0 Å². The minimum atomic E-state index is 0. The van der Waals surface area contributed by atoms with E-state index in [0.717, 1.165) is 25.0 Å². The van der Waals surface area contributed by atoms with Crippen molar-refractivity contribution in [2.45, 2.75) is 45.4 Å².